The van der Waals surface area contributed by atoms with Crippen LogP contribution in [0.25, 0.3) is 0 Å². The van der Waals surface area contributed by atoms with Gasteiger partial charge in [-0.3, -0.25) is 14.8 Å². The average molecular weight is 499 g/mol. The van der Waals surface area contributed by atoms with Crippen LogP contribution in [0.4, 0.5) is 0 Å². The zero-order valence-electron chi connectivity index (χ0n) is 17.0. The maximum Gasteiger partial charge on any atom is 0.223 e. The van der Waals surface area contributed by atoms with E-state index >= 15 is 0 Å². The summed E-state index contributed by atoms with van der Waals surface area (Å²) in [6.07, 6.45) is 11.0. The van der Waals surface area contributed by atoms with Crippen LogP contribution >= 0.6 is 24.0 Å². The second kappa shape index (κ2) is 11.6. The molecule has 2 aliphatic rings. The zero-order valence-corrected chi connectivity index (χ0v) is 19.4. The lowest BCUT2D eigenvalue weighted by atomic mass is 9.85. The Morgan fingerprint density at radius 1 is 1.21 bits per heavy atom. The minimum absolute atomic E-state index is 0. The van der Waals surface area contributed by atoms with Crippen molar-refractivity contribution < 1.29 is 4.79 Å². The Bertz CT molecular complexity index is 662. The number of carbonyl (C=O) groups excluding carboxylic acids is 1. The maximum atomic E-state index is 12.4. The molecular weight excluding hydrogens is 465 g/mol. The summed E-state index contributed by atoms with van der Waals surface area (Å²) in [5.74, 6) is 1.25. The van der Waals surface area contributed by atoms with E-state index in [0.29, 0.717) is 12.1 Å². The van der Waals surface area contributed by atoms with Crippen molar-refractivity contribution in [2.45, 2.75) is 70.9 Å². The van der Waals surface area contributed by atoms with Crippen LogP contribution in [0.2, 0.25) is 0 Å². The van der Waals surface area contributed by atoms with Crippen molar-refractivity contribution in [3.8, 4) is 0 Å². The maximum absolute atomic E-state index is 12.4. The van der Waals surface area contributed by atoms with Crippen LogP contribution < -0.4 is 16.0 Å². The highest BCUT2D eigenvalue weighted by molar-refractivity contribution is 14.0. The molecule has 2 saturated carbocycles. The first-order valence-corrected chi connectivity index (χ1v) is 10.4. The van der Waals surface area contributed by atoms with Gasteiger partial charge in [-0.1, -0.05) is 6.42 Å². The highest BCUT2D eigenvalue weighted by atomic mass is 127. The molecule has 156 valence electrons. The molecule has 0 spiro atoms. The highest BCUT2D eigenvalue weighted by Crippen LogP contribution is 2.26. The fraction of sp³-hybridized carbons (Fsp3) is 0.667. The zero-order chi connectivity index (χ0) is 19.1. The summed E-state index contributed by atoms with van der Waals surface area (Å²) in [5.41, 5.74) is 2.50. The van der Waals surface area contributed by atoms with Gasteiger partial charge >= 0.3 is 0 Å². The molecule has 1 aromatic rings. The number of aryl methyl sites for hydroxylation is 1. The molecule has 1 amide bonds. The Hall–Kier alpha value is -1.38. The van der Waals surface area contributed by atoms with Crippen LogP contribution in [0, 0.1) is 12.8 Å². The number of guanidine groups is 1. The van der Waals surface area contributed by atoms with E-state index in [0.717, 1.165) is 64.0 Å². The van der Waals surface area contributed by atoms with Crippen molar-refractivity contribution in [1.82, 2.24) is 20.9 Å². The molecule has 2 aliphatic carbocycles. The van der Waals surface area contributed by atoms with E-state index in [-0.39, 0.29) is 35.8 Å². The minimum Gasteiger partial charge on any atom is -0.357 e. The summed E-state index contributed by atoms with van der Waals surface area (Å²) < 4.78 is 0. The predicted molar refractivity (Wildman–Crippen MR) is 124 cm³/mol. The number of aliphatic imine (C=N–C) groups is 1. The van der Waals surface area contributed by atoms with Gasteiger partial charge in [0.1, 0.15) is 0 Å². The molecule has 6 nitrogen and oxygen atoms in total. The molecule has 0 aromatic carbocycles. The smallest absolute Gasteiger partial charge is 0.223 e. The van der Waals surface area contributed by atoms with Gasteiger partial charge < -0.3 is 16.0 Å². The average Bonchev–Trinajstić information content (AvgIpc) is 3.48. The predicted octanol–water partition coefficient (Wildman–Crippen LogP) is 2.94. The Morgan fingerprint density at radius 2 is 2.04 bits per heavy atom. The fourth-order valence-corrected chi connectivity index (χ4v) is 3.69. The number of hydrogen-bond acceptors (Lipinski definition) is 3. The third-order valence-electron chi connectivity index (χ3n) is 5.44. The number of nitrogens with one attached hydrogen (secondary N) is 3. The van der Waals surface area contributed by atoms with Crippen molar-refractivity contribution in [1.29, 1.82) is 0 Å². The van der Waals surface area contributed by atoms with E-state index < -0.39 is 0 Å². The van der Waals surface area contributed by atoms with Gasteiger partial charge in [0.25, 0.3) is 0 Å². The molecule has 3 N–H and O–H groups in total. The number of rotatable bonds is 7. The standard InChI is InChI=1S/C21H33N5O.HI/c1-3-23-21(24-12-10-16-9-11-22-14-15(16)2)26-19-6-4-5-17(13-19)20(27)25-18-7-8-18;/h9,11,14,17-19H,3-8,10,12-13H2,1-2H3,(H,25,27)(H2,23,24,26);1H. The largest absolute Gasteiger partial charge is 0.357 e. The molecule has 28 heavy (non-hydrogen) atoms. The van der Waals surface area contributed by atoms with Crippen molar-refractivity contribution in [3.63, 3.8) is 0 Å². The number of carbonyl (C=O) groups is 1. The molecular formula is C21H34IN5O. The second-order valence-electron chi connectivity index (χ2n) is 7.80. The van der Waals surface area contributed by atoms with E-state index in [2.05, 4.69) is 40.8 Å². The first-order valence-electron chi connectivity index (χ1n) is 10.4. The summed E-state index contributed by atoms with van der Waals surface area (Å²) in [7, 11) is 0. The molecule has 2 unspecified atom stereocenters. The molecule has 7 heteroatoms. The lowest BCUT2D eigenvalue weighted by Crippen LogP contribution is -2.47. The van der Waals surface area contributed by atoms with Gasteiger partial charge in [0.15, 0.2) is 5.96 Å². The number of nitrogens with zero attached hydrogens (tertiary/aromatic N) is 2. The van der Waals surface area contributed by atoms with Gasteiger partial charge in [-0.25, -0.2) is 0 Å². The fourth-order valence-electron chi connectivity index (χ4n) is 3.69. The van der Waals surface area contributed by atoms with Gasteiger partial charge in [-0.15, -0.1) is 24.0 Å². The van der Waals surface area contributed by atoms with E-state index in [4.69, 9.17) is 4.99 Å². The van der Waals surface area contributed by atoms with Gasteiger partial charge in [0.2, 0.25) is 5.91 Å². The number of aromatic nitrogens is 1. The van der Waals surface area contributed by atoms with E-state index in [9.17, 15) is 4.79 Å². The topological polar surface area (TPSA) is 78.4 Å². The van der Waals surface area contributed by atoms with Gasteiger partial charge in [0.05, 0.1) is 0 Å². The number of pyridine rings is 1. The van der Waals surface area contributed by atoms with Crippen molar-refractivity contribution in [2.24, 2.45) is 10.9 Å². The quantitative estimate of drug-likeness (QED) is 0.306. The van der Waals surface area contributed by atoms with Crippen LogP contribution in [0.15, 0.2) is 23.5 Å². The molecule has 2 atom stereocenters. The first kappa shape index (κ1) is 22.9. The van der Waals surface area contributed by atoms with E-state index in [1.165, 1.54) is 11.1 Å². The number of halogens is 1. The molecule has 1 heterocycles. The highest BCUT2D eigenvalue weighted by Gasteiger charge is 2.31. The lowest BCUT2D eigenvalue weighted by molar-refractivity contribution is -0.126. The second-order valence-corrected chi connectivity index (χ2v) is 7.80. The summed E-state index contributed by atoms with van der Waals surface area (Å²) in [6, 6.07) is 2.82. The van der Waals surface area contributed by atoms with Crippen molar-refractivity contribution in [2.75, 3.05) is 13.1 Å². The van der Waals surface area contributed by atoms with Crippen LogP contribution in [0.1, 0.15) is 56.6 Å². The van der Waals surface area contributed by atoms with Crippen molar-refractivity contribution in [3.05, 3.63) is 29.6 Å². The van der Waals surface area contributed by atoms with Gasteiger partial charge in [-0.2, -0.15) is 0 Å². The summed E-state index contributed by atoms with van der Waals surface area (Å²) in [4.78, 5) is 21.3. The minimum atomic E-state index is 0. The Morgan fingerprint density at radius 3 is 2.75 bits per heavy atom. The summed E-state index contributed by atoms with van der Waals surface area (Å²) in [6.45, 7) is 5.73. The van der Waals surface area contributed by atoms with Gasteiger partial charge in [-0.05, 0) is 69.6 Å². The lowest BCUT2D eigenvalue weighted by Gasteiger charge is -2.30. The Kier molecular flexibility index (Phi) is 9.47. The third kappa shape index (κ3) is 7.22. The van der Waals surface area contributed by atoms with Gasteiger partial charge in [0, 0.05) is 43.5 Å². The van der Waals surface area contributed by atoms with E-state index in [1.807, 2.05) is 12.4 Å². The summed E-state index contributed by atoms with van der Waals surface area (Å²) >= 11 is 0. The molecule has 0 bridgehead atoms. The molecule has 0 saturated heterocycles. The Balaban J connectivity index is 0.00000280. The van der Waals surface area contributed by atoms with Crippen LogP contribution in [0.5, 0.6) is 0 Å². The summed E-state index contributed by atoms with van der Waals surface area (Å²) in [5, 5.41) is 10.1. The van der Waals surface area contributed by atoms with Crippen LogP contribution in [-0.2, 0) is 11.2 Å². The van der Waals surface area contributed by atoms with E-state index in [1.54, 1.807) is 0 Å². The van der Waals surface area contributed by atoms with Crippen LogP contribution in [0.3, 0.4) is 0 Å². The van der Waals surface area contributed by atoms with Crippen LogP contribution in [-0.4, -0.2) is 42.0 Å². The molecule has 2 fully saturated rings. The first-order chi connectivity index (χ1) is 13.2. The molecule has 0 aliphatic heterocycles. The molecule has 0 radical (unpaired) electrons. The monoisotopic (exact) mass is 499 g/mol. The molecule has 3 rings (SSSR count). The number of hydrogen-bond donors (Lipinski definition) is 3. The Labute approximate surface area is 185 Å². The normalized spacial score (nSPS) is 22.1. The number of amides is 1. The SMILES string of the molecule is CCNC(=NCCc1ccncc1C)NC1CCCC(C(=O)NC2CC2)C1.I. The van der Waals surface area contributed by atoms with Crippen molar-refractivity contribution >= 4 is 35.8 Å². The third-order valence-corrected chi connectivity index (χ3v) is 5.44. The molecule has 1 aromatic heterocycles.